The predicted octanol–water partition coefficient (Wildman–Crippen LogP) is 0.641. The monoisotopic (exact) mass is 204 g/mol. The predicted molar refractivity (Wildman–Crippen MR) is 55.4 cm³/mol. The Morgan fingerprint density at radius 1 is 1.60 bits per heavy atom. The van der Waals surface area contributed by atoms with Crippen LogP contribution in [-0.2, 0) is 6.54 Å². The number of rotatable bonds is 4. The first kappa shape index (κ1) is 9.51. The highest BCUT2D eigenvalue weighted by molar-refractivity contribution is 5.92. The Balaban J connectivity index is 1.77. The fourth-order valence-corrected chi connectivity index (χ4v) is 1.28. The summed E-state index contributed by atoms with van der Waals surface area (Å²) in [5, 5.41) is 2.80. The van der Waals surface area contributed by atoms with Crippen LogP contribution in [0.15, 0.2) is 37.1 Å². The number of nitrogens with one attached hydrogen (secondary N) is 2. The summed E-state index contributed by atoms with van der Waals surface area (Å²) >= 11 is 0. The van der Waals surface area contributed by atoms with Gasteiger partial charge < -0.3 is 14.9 Å². The molecule has 0 unspecified atom stereocenters. The number of imidazole rings is 1. The Kier molecular flexibility index (Phi) is 2.82. The van der Waals surface area contributed by atoms with E-state index in [-0.39, 0.29) is 5.91 Å². The van der Waals surface area contributed by atoms with Crippen LogP contribution in [-0.4, -0.2) is 27.0 Å². The highest BCUT2D eigenvalue weighted by Crippen LogP contribution is 1.93. The van der Waals surface area contributed by atoms with Gasteiger partial charge in [-0.2, -0.15) is 0 Å². The van der Waals surface area contributed by atoms with Crippen LogP contribution in [0.3, 0.4) is 0 Å². The molecule has 0 aliphatic carbocycles. The molecule has 2 heterocycles. The van der Waals surface area contributed by atoms with Crippen LogP contribution in [0.1, 0.15) is 10.5 Å². The fraction of sp³-hybridized carbons (Fsp3) is 0.200. The average Bonchev–Trinajstić information content (AvgIpc) is 2.90. The van der Waals surface area contributed by atoms with Gasteiger partial charge in [0.15, 0.2) is 0 Å². The summed E-state index contributed by atoms with van der Waals surface area (Å²) in [4.78, 5) is 18.2. The highest BCUT2D eigenvalue weighted by atomic mass is 16.1. The number of carbonyl (C=O) groups is 1. The molecule has 0 aromatic carbocycles. The van der Waals surface area contributed by atoms with Crippen molar-refractivity contribution in [2.75, 3.05) is 6.54 Å². The van der Waals surface area contributed by atoms with Gasteiger partial charge in [0.25, 0.3) is 5.91 Å². The van der Waals surface area contributed by atoms with E-state index >= 15 is 0 Å². The van der Waals surface area contributed by atoms with Crippen molar-refractivity contribution in [1.82, 2.24) is 19.9 Å². The molecular weight excluding hydrogens is 192 g/mol. The Labute approximate surface area is 87.1 Å². The lowest BCUT2D eigenvalue weighted by atomic mass is 10.4. The zero-order valence-corrected chi connectivity index (χ0v) is 8.18. The molecule has 0 bridgehead atoms. The molecule has 1 amide bonds. The van der Waals surface area contributed by atoms with Crippen LogP contribution in [0.5, 0.6) is 0 Å². The van der Waals surface area contributed by atoms with E-state index in [4.69, 9.17) is 0 Å². The van der Waals surface area contributed by atoms with Crippen molar-refractivity contribution in [3.63, 3.8) is 0 Å². The maximum atomic E-state index is 11.5. The Morgan fingerprint density at radius 2 is 2.53 bits per heavy atom. The van der Waals surface area contributed by atoms with Crippen LogP contribution < -0.4 is 5.32 Å². The molecule has 2 rings (SSSR count). The van der Waals surface area contributed by atoms with Gasteiger partial charge in [-0.1, -0.05) is 0 Å². The number of hydrogen-bond acceptors (Lipinski definition) is 2. The zero-order valence-electron chi connectivity index (χ0n) is 8.18. The van der Waals surface area contributed by atoms with Gasteiger partial charge in [-0.05, 0) is 12.1 Å². The first-order valence-corrected chi connectivity index (χ1v) is 4.73. The summed E-state index contributed by atoms with van der Waals surface area (Å²) in [5.74, 6) is -0.0832. The van der Waals surface area contributed by atoms with E-state index in [2.05, 4.69) is 15.3 Å². The van der Waals surface area contributed by atoms with Crippen LogP contribution >= 0.6 is 0 Å². The molecule has 5 nitrogen and oxygen atoms in total. The molecule has 0 atom stereocenters. The lowest BCUT2D eigenvalue weighted by molar-refractivity contribution is 0.0948. The molecule has 2 aromatic heterocycles. The Morgan fingerprint density at radius 3 is 3.20 bits per heavy atom. The van der Waals surface area contributed by atoms with Crippen molar-refractivity contribution in [2.45, 2.75) is 6.54 Å². The number of carbonyl (C=O) groups excluding carboxylic acids is 1. The molecule has 0 saturated carbocycles. The van der Waals surface area contributed by atoms with Gasteiger partial charge in [0.2, 0.25) is 0 Å². The zero-order chi connectivity index (χ0) is 10.5. The van der Waals surface area contributed by atoms with E-state index < -0.39 is 0 Å². The second kappa shape index (κ2) is 4.45. The summed E-state index contributed by atoms with van der Waals surface area (Å²) in [5.41, 5.74) is 0.584. The van der Waals surface area contributed by atoms with Gasteiger partial charge in [-0.3, -0.25) is 4.79 Å². The van der Waals surface area contributed by atoms with E-state index in [0.29, 0.717) is 12.2 Å². The van der Waals surface area contributed by atoms with Crippen LogP contribution in [0.25, 0.3) is 0 Å². The summed E-state index contributed by atoms with van der Waals surface area (Å²) in [6.45, 7) is 1.32. The first-order chi connectivity index (χ1) is 7.36. The minimum Gasteiger partial charge on any atom is -0.357 e. The minimum absolute atomic E-state index is 0.0832. The van der Waals surface area contributed by atoms with Crippen molar-refractivity contribution in [2.24, 2.45) is 0 Å². The molecular formula is C10H12N4O. The van der Waals surface area contributed by atoms with E-state index in [0.717, 1.165) is 6.54 Å². The topological polar surface area (TPSA) is 62.7 Å². The molecule has 0 aliphatic heterocycles. The van der Waals surface area contributed by atoms with Gasteiger partial charge in [0, 0.05) is 31.7 Å². The molecule has 0 saturated heterocycles. The normalized spacial score (nSPS) is 10.1. The third kappa shape index (κ3) is 2.46. The Bertz CT molecular complexity index is 405. The van der Waals surface area contributed by atoms with Crippen LogP contribution in [0, 0.1) is 0 Å². The second-order valence-electron chi connectivity index (χ2n) is 3.14. The summed E-state index contributed by atoms with van der Waals surface area (Å²) in [7, 11) is 0. The molecule has 0 spiro atoms. The molecule has 0 fully saturated rings. The minimum atomic E-state index is -0.0832. The molecule has 78 valence electrons. The van der Waals surface area contributed by atoms with Gasteiger partial charge in [-0.15, -0.1) is 0 Å². The fourth-order valence-electron chi connectivity index (χ4n) is 1.28. The molecule has 15 heavy (non-hydrogen) atoms. The average molecular weight is 204 g/mol. The van der Waals surface area contributed by atoms with E-state index in [1.807, 2.05) is 10.8 Å². The van der Waals surface area contributed by atoms with Gasteiger partial charge in [-0.25, -0.2) is 4.98 Å². The van der Waals surface area contributed by atoms with E-state index in [1.165, 1.54) is 0 Å². The van der Waals surface area contributed by atoms with Crippen molar-refractivity contribution in [3.8, 4) is 0 Å². The van der Waals surface area contributed by atoms with Crippen molar-refractivity contribution in [1.29, 1.82) is 0 Å². The van der Waals surface area contributed by atoms with E-state index in [1.54, 1.807) is 30.9 Å². The highest BCUT2D eigenvalue weighted by Gasteiger charge is 2.03. The Hall–Kier alpha value is -2.04. The molecule has 0 aliphatic rings. The van der Waals surface area contributed by atoms with Gasteiger partial charge >= 0.3 is 0 Å². The molecule has 2 N–H and O–H groups in total. The number of H-pyrrole nitrogens is 1. The first-order valence-electron chi connectivity index (χ1n) is 4.73. The summed E-state index contributed by atoms with van der Waals surface area (Å²) in [6.07, 6.45) is 7.03. The van der Waals surface area contributed by atoms with Crippen LogP contribution in [0.2, 0.25) is 0 Å². The quantitative estimate of drug-likeness (QED) is 0.767. The number of nitrogens with zero attached hydrogens (tertiary/aromatic N) is 2. The van der Waals surface area contributed by atoms with E-state index in [9.17, 15) is 4.79 Å². The summed E-state index contributed by atoms with van der Waals surface area (Å²) < 4.78 is 1.91. The molecule has 5 heteroatoms. The van der Waals surface area contributed by atoms with Gasteiger partial charge in [0.1, 0.15) is 5.69 Å². The number of aromatic nitrogens is 3. The molecule has 2 aromatic rings. The second-order valence-corrected chi connectivity index (χ2v) is 3.14. The lowest BCUT2D eigenvalue weighted by Crippen LogP contribution is -2.27. The largest absolute Gasteiger partial charge is 0.357 e. The standard InChI is InChI=1S/C10H12N4O/c15-10(9-2-1-3-12-9)13-5-7-14-6-4-11-8-14/h1-4,6,8,12H,5,7H2,(H,13,15). The van der Waals surface area contributed by atoms with Crippen molar-refractivity contribution in [3.05, 3.63) is 42.7 Å². The maximum Gasteiger partial charge on any atom is 0.267 e. The summed E-state index contributed by atoms with van der Waals surface area (Å²) in [6, 6.07) is 3.54. The van der Waals surface area contributed by atoms with Gasteiger partial charge in [0.05, 0.1) is 6.33 Å². The number of hydrogen-bond donors (Lipinski definition) is 2. The third-order valence-corrected chi connectivity index (χ3v) is 2.06. The lowest BCUT2D eigenvalue weighted by Gasteiger charge is -2.04. The van der Waals surface area contributed by atoms with Crippen molar-refractivity contribution < 1.29 is 4.79 Å². The SMILES string of the molecule is O=C(NCCn1ccnc1)c1ccc[nH]1. The van der Waals surface area contributed by atoms with Crippen molar-refractivity contribution >= 4 is 5.91 Å². The third-order valence-electron chi connectivity index (χ3n) is 2.06. The smallest absolute Gasteiger partial charge is 0.267 e. The maximum absolute atomic E-state index is 11.5. The molecule has 0 radical (unpaired) electrons. The number of aromatic amines is 1. The number of amides is 1. The van der Waals surface area contributed by atoms with Crippen LogP contribution in [0.4, 0.5) is 0 Å².